The number of hydrogen-bond acceptors (Lipinski definition) is 2. The first-order valence-electron chi connectivity index (χ1n) is 7.69. The van der Waals surface area contributed by atoms with Crippen LogP contribution in [0.5, 0.6) is 0 Å². The van der Waals surface area contributed by atoms with Crippen molar-refractivity contribution in [1.82, 2.24) is 5.32 Å². The quantitative estimate of drug-likeness (QED) is 0.803. The molecule has 4 heteroatoms. The molecule has 0 aliphatic rings. The van der Waals surface area contributed by atoms with Gasteiger partial charge in [-0.25, -0.2) is 0 Å². The van der Waals surface area contributed by atoms with Crippen molar-refractivity contribution >= 4 is 24.0 Å². The normalized spacial score (nSPS) is 10.5. The van der Waals surface area contributed by atoms with Gasteiger partial charge in [0.1, 0.15) is 0 Å². The number of nitrogens with one attached hydrogen (secondary N) is 2. The number of para-hydroxylation sites is 1. The van der Waals surface area contributed by atoms with Crippen LogP contribution in [0.2, 0.25) is 0 Å². The minimum atomic E-state index is -0.217. The van der Waals surface area contributed by atoms with E-state index in [1.54, 1.807) is 0 Å². The van der Waals surface area contributed by atoms with Gasteiger partial charge >= 0.3 is 0 Å². The lowest BCUT2D eigenvalue weighted by molar-refractivity contribution is -0.121. The van der Waals surface area contributed by atoms with E-state index in [9.17, 15) is 4.79 Å². The molecule has 0 atom stereocenters. The first kappa shape index (κ1) is 19.0. The smallest absolute Gasteiger partial charge is 0.239 e. The molecule has 3 nitrogen and oxygen atoms in total. The van der Waals surface area contributed by atoms with Crippen LogP contribution in [0.15, 0.2) is 60.7 Å². The molecule has 0 aliphatic carbocycles. The van der Waals surface area contributed by atoms with E-state index in [1.165, 1.54) is 5.56 Å². The maximum absolute atomic E-state index is 12.1. The highest BCUT2D eigenvalue weighted by Crippen LogP contribution is 2.13. The standard InChI is InChI=1S/C19H24N2O.ClH/c1-19(2,14-13-16-9-5-3-6-10-16)21-18(22)15-20-17-11-7-4-8-12-17;/h3-12,20H,13-15H2,1-2H3,(H,21,22);1H. The lowest BCUT2D eigenvalue weighted by Crippen LogP contribution is -2.46. The van der Waals surface area contributed by atoms with E-state index >= 15 is 0 Å². The maximum Gasteiger partial charge on any atom is 0.239 e. The van der Waals surface area contributed by atoms with Crippen LogP contribution in [0.4, 0.5) is 5.69 Å². The molecule has 2 aromatic rings. The number of rotatable bonds is 7. The third kappa shape index (κ3) is 7.20. The topological polar surface area (TPSA) is 41.1 Å². The molecule has 2 rings (SSSR count). The zero-order valence-electron chi connectivity index (χ0n) is 13.7. The minimum Gasteiger partial charge on any atom is -0.376 e. The van der Waals surface area contributed by atoms with Gasteiger partial charge in [0.2, 0.25) is 5.91 Å². The Balaban J connectivity index is 0.00000264. The van der Waals surface area contributed by atoms with Crippen LogP contribution in [-0.4, -0.2) is 18.0 Å². The zero-order chi connectivity index (χ0) is 15.8. The molecule has 0 bridgehead atoms. The van der Waals surface area contributed by atoms with E-state index in [4.69, 9.17) is 0 Å². The largest absolute Gasteiger partial charge is 0.376 e. The van der Waals surface area contributed by atoms with Crippen LogP contribution in [0.1, 0.15) is 25.8 Å². The van der Waals surface area contributed by atoms with E-state index in [0.717, 1.165) is 18.5 Å². The van der Waals surface area contributed by atoms with E-state index in [2.05, 4.69) is 36.6 Å². The van der Waals surface area contributed by atoms with Gasteiger partial charge in [-0.05, 0) is 44.4 Å². The van der Waals surface area contributed by atoms with Crippen molar-refractivity contribution in [1.29, 1.82) is 0 Å². The molecule has 0 saturated carbocycles. The van der Waals surface area contributed by atoms with Crippen molar-refractivity contribution in [3.63, 3.8) is 0 Å². The second-order valence-corrected chi connectivity index (χ2v) is 6.14. The molecule has 0 heterocycles. The molecule has 0 spiro atoms. The average molecular weight is 333 g/mol. The molecule has 1 amide bonds. The van der Waals surface area contributed by atoms with Crippen LogP contribution in [0.3, 0.4) is 0 Å². The number of hydrogen-bond donors (Lipinski definition) is 2. The zero-order valence-corrected chi connectivity index (χ0v) is 14.5. The second kappa shape index (κ2) is 9.21. The third-order valence-corrected chi connectivity index (χ3v) is 3.59. The van der Waals surface area contributed by atoms with E-state index < -0.39 is 0 Å². The highest BCUT2D eigenvalue weighted by molar-refractivity contribution is 5.85. The molecule has 0 radical (unpaired) electrons. The molecule has 0 unspecified atom stereocenters. The fourth-order valence-corrected chi connectivity index (χ4v) is 2.32. The molecule has 2 aromatic carbocycles. The summed E-state index contributed by atoms with van der Waals surface area (Å²) in [4.78, 5) is 12.1. The Morgan fingerprint density at radius 1 is 0.957 bits per heavy atom. The van der Waals surface area contributed by atoms with Crippen LogP contribution in [-0.2, 0) is 11.2 Å². The van der Waals surface area contributed by atoms with Gasteiger partial charge in [-0.2, -0.15) is 0 Å². The molecule has 2 N–H and O–H groups in total. The highest BCUT2D eigenvalue weighted by Gasteiger charge is 2.19. The number of halogens is 1. The first-order valence-corrected chi connectivity index (χ1v) is 7.69. The number of amides is 1. The summed E-state index contributed by atoms with van der Waals surface area (Å²) in [7, 11) is 0. The lowest BCUT2D eigenvalue weighted by atomic mass is 9.95. The molecule has 0 aromatic heterocycles. The van der Waals surface area contributed by atoms with Crippen LogP contribution in [0, 0.1) is 0 Å². The van der Waals surface area contributed by atoms with Gasteiger partial charge in [-0.1, -0.05) is 48.5 Å². The molecular weight excluding hydrogens is 308 g/mol. The van der Waals surface area contributed by atoms with Crippen molar-refractivity contribution in [2.75, 3.05) is 11.9 Å². The maximum atomic E-state index is 12.1. The van der Waals surface area contributed by atoms with Gasteiger partial charge in [0.05, 0.1) is 6.54 Å². The number of aryl methyl sites for hydroxylation is 1. The van der Waals surface area contributed by atoms with Crippen LogP contribution < -0.4 is 10.6 Å². The van der Waals surface area contributed by atoms with Crippen molar-refractivity contribution in [3.8, 4) is 0 Å². The SMILES string of the molecule is CC(C)(CCc1ccccc1)NC(=O)CNc1ccccc1.Cl. The predicted octanol–water partition coefficient (Wildman–Crippen LogP) is 4.05. The molecule has 124 valence electrons. The Morgan fingerprint density at radius 3 is 2.13 bits per heavy atom. The van der Waals surface area contributed by atoms with Crippen molar-refractivity contribution in [2.45, 2.75) is 32.2 Å². The minimum absolute atomic E-state index is 0. The summed E-state index contributed by atoms with van der Waals surface area (Å²) in [5.41, 5.74) is 2.04. The molecule has 0 fully saturated rings. The van der Waals surface area contributed by atoms with Gasteiger partial charge in [0, 0.05) is 11.2 Å². The molecule has 0 aliphatic heterocycles. The monoisotopic (exact) mass is 332 g/mol. The van der Waals surface area contributed by atoms with Gasteiger partial charge in [0.15, 0.2) is 0 Å². The van der Waals surface area contributed by atoms with Gasteiger partial charge < -0.3 is 10.6 Å². The Hall–Kier alpha value is -2.00. The summed E-state index contributed by atoms with van der Waals surface area (Å²) < 4.78 is 0. The fraction of sp³-hybridized carbons (Fsp3) is 0.316. The lowest BCUT2D eigenvalue weighted by Gasteiger charge is -2.26. The van der Waals surface area contributed by atoms with Gasteiger partial charge in [0.25, 0.3) is 0 Å². The van der Waals surface area contributed by atoms with Crippen LogP contribution in [0.25, 0.3) is 0 Å². The Bertz CT molecular complexity index is 585. The summed E-state index contributed by atoms with van der Waals surface area (Å²) in [6.45, 7) is 4.42. The molecular formula is C19H25ClN2O. The van der Waals surface area contributed by atoms with E-state index in [0.29, 0.717) is 6.54 Å². The summed E-state index contributed by atoms with van der Waals surface area (Å²) in [6.07, 6.45) is 1.87. The molecule has 23 heavy (non-hydrogen) atoms. The van der Waals surface area contributed by atoms with Gasteiger partial charge in [-0.3, -0.25) is 4.79 Å². The van der Waals surface area contributed by atoms with Crippen LogP contribution >= 0.6 is 12.4 Å². The second-order valence-electron chi connectivity index (χ2n) is 6.14. The number of carbonyl (C=O) groups is 1. The fourth-order valence-electron chi connectivity index (χ4n) is 2.32. The van der Waals surface area contributed by atoms with Crippen molar-refractivity contribution in [2.24, 2.45) is 0 Å². The Morgan fingerprint density at radius 2 is 1.52 bits per heavy atom. The van der Waals surface area contributed by atoms with E-state index in [1.807, 2.05) is 48.5 Å². The van der Waals surface area contributed by atoms with Gasteiger partial charge in [-0.15, -0.1) is 12.4 Å². The highest BCUT2D eigenvalue weighted by atomic mass is 35.5. The first-order chi connectivity index (χ1) is 10.6. The molecule has 0 saturated heterocycles. The summed E-state index contributed by atoms with van der Waals surface area (Å²) >= 11 is 0. The van der Waals surface area contributed by atoms with E-state index in [-0.39, 0.29) is 23.9 Å². The predicted molar refractivity (Wildman–Crippen MR) is 99.2 cm³/mol. The summed E-state index contributed by atoms with van der Waals surface area (Å²) in [5.74, 6) is 0.0157. The van der Waals surface area contributed by atoms with Crippen molar-refractivity contribution < 1.29 is 4.79 Å². The Labute approximate surface area is 144 Å². The summed E-state index contributed by atoms with van der Waals surface area (Å²) in [5, 5.41) is 6.22. The average Bonchev–Trinajstić information content (AvgIpc) is 2.53. The van der Waals surface area contributed by atoms with Crippen molar-refractivity contribution in [3.05, 3.63) is 66.2 Å². The number of anilines is 1. The number of carbonyl (C=O) groups excluding carboxylic acids is 1. The Kier molecular flexibility index (Phi) is 7.63. The number of benzene rings is 2. The third-order valence-electron chi connectivity index (χ3n) is 3.59. The summed E-state index contributed by atoms with van der Waals surface area (Å²) in [6, 6.07) is 20.1.